The van der Waals surface area contributed by atoms with Crippen molar-refractivity contribution in [1.82, 2.24) is 19.6 Å². The van der Waals surface area contributed by atoms with E-state index in [1.807, 2.05) is 18.2 Å². The molecule has 0 bridgehead atoms. The molecule has 3 heterocycles. The third-order valence-electron chi connectivity index (χ3n) is 3.35. The van der Waals surface area contributed by atoms with Crippen LogP contribution in [0, 0.1) is 0 Å². The Morgan fingerprint density at radius 2 is 2.12 bits per heavy atom. The molecule has 0 spiro atoms. The summed E-state index contributed by atoms with van der Waals surface area (Å²) in [5.74, 6) is 0.130. The lowest BCUT2D eigenvalue weighted by Gasteiger charge is -2.05. The topological polar surface area (TPSA) is 72.2 Å². The highest BCUT2D eigenvalue weighted by molar-refractivity contribution is 7.11. The summed E-state index contributed by atoms with van der Waals surface area (Å²) in [6.45, 7) is 0. The molecule has 118 valence electrons. The summed E-state index contributed by atoms with van der Waals surface area (Å²) < 4.78 is 1.67. The maximum atomic E-state index is 12.1. The van der Waals surface area contributed by atoms with Gasteiger partial charge in [0.1, 0.15) is 0 Å². The molecular formula is C16H10ClN5OS. The number of amides is 1. The van der Waals surface area contributed by atoms with Crippen LogP contribution in [0.1, 0.15) is 9.80 Å². The standard InChI is InChI=1S/C16H10ClN5OS/c17-11-3-1-2-10(8-11)12-9-19-14-5-4-13(21-22(12)14)20-15(23)16-18-6-7-24-16/h1-9H,(H,20,21,23). The number of anilines is 1. The highest BCUT2D eigenvalue weighted by atomic mass is 35.5. The number of rotatable bonds is 3. The van der Waals surface area contributed by atoms with Gasteiger partial charge in [-0.2, -0.15) is 0 Å². The van der Waals surface area contributed by atoms with Crippen molar-refractivity contribution in [3.63, 3.8) is 0 Å². The summed E-state index contributed by atoms with van der Waals surface area (Å²) in [4.78, 5) is 20.4. The molecule has 4 rings (SSSR count). The second-order valence-electron chi connectivity index (χ2n) is 4.93. The molecule has 1 aromatic carbocycles. The smallest absolute Gasteiger partial charge is 0.285 e. The van der Waals surface area contributed by atoms with Crippen molar-refractivity contribution in [2.24, 2.45) is 0 Å². The fraction of sp³-hybridized carbons (Fsp3) is 0. The fourth-order valence-electron chi connectivity index (χ4n) is 2.29. The molecule has 0 saturated carbocycles. The van der Waals surface area contributed by atoms with Gasteiger partial charge in [-0.25, -0.2) is 14.5 Å². The molecule has 0 radical (unpaired) electrons. The average molecular weight is 356 g/mol. The van der Waals surface area contributed by atoms with E-state index in [1.54, 1.807) is 40.5 Å². The van der Waals surface area contributed by atoms with Gasteiger partial charge in [0.05, 0.1) is 11.9 Å². The SMILES string of the molecule is O=C(Nc1ccc2ncc(-c3cccc(Cl)c3)n2n1)c1nccs1. The van der Waals surface area contributed by atoms with Crippen LogP contribution >= 0.6 is 22.9 Å². The monoisotopic (exact) mass is 355 g/mol. The Balaban J connectivity index is 1.72. The van der Waals surface area contributed by atoms with Crippen LogP contribution in [0.25, 0.3) is 16.9 Å². The molecule has 1 amide bonds. The lowest BCUT2D eigenvalue weighted by atomic mass is 10.2. The highest BCUT2D eigenvalue weighted by Gasteiger charge is 2.12. The van der Waals surface area contributed by atoms with Crippen LogP contribution in [0.2, 0.25) is 5.02 Å². The number of fused-ring (bicyclic) bond motifs is 1. The number of aromatic nitrogens is 4. The Bertz CT molecular complexity index is 1030. The van der Waals surface area contributed by atoms with Gasteiger partial charge in [-0.15, -0.1) is 16.4 Å². The van der Waals surface area contributed by atoms with Crippen LogP contribution in [-0.2, 0) is 0 Å². The molecule has 1 N–H and O–H groups in total. The van der Waals surface area contributed by atoms with Crippen molar-refractivity contribution in [2.45, 2.75) is 0 Å². The number of carbonyl (C=O) groups is 1. The molecule has 0 fully saturated rings. The van der Waals surface area contributed by atoms with Crippen LogP contribution in [0.4, 0.5) is 5.82 Å². The Kier molecular flexibility index (Phi) is 3.72. The molecule has 0 aliphatic heterocycles. The minimum atomic E-state index is -0.290. The van der Waals surface area contributed by atoms with Crippen molar-refractivity contribution in [1.29, 1.82) is 0 Å². The highest BCUT2D eigenvalue weighted by Crippen LogP contribution is 2.23. The zero-order valence-electron chi connectivity index (χ0n) is 12.2. The van der Waals surface area contributed by atoms with E-state index >= 15 is 0 Å². The summed E-state index contributed by atoms with van der Waals surface area (Å²) in [6.07, 6.45) is 3.31. The van der Waals surface area contributed by atoms with E-state index in [1.165, 1.54) is 11.3 Å². The molecule has 0 aliphatic rings. The quantitative estimate of drug-likeness (QED) is 0.607. The number of thiazole rings is 1. The molecule has 8 heteroatoms. The number of imidazole rings is 1. The van der Waals surface area contributed by atoms with E-state index in [4.69, 9.17) is 11.6 Å². The van der Waals surface area contributed by atoms with Gasteiger partial charge < -0.3 is 5.32 Å². The lowest BCUT2D eigenvalue weighted by Crippen LogP contribution is -2.13. The van der Waals surface area contributed by atoms with Crippen molar-refractivity contribution < 1.29 is 4.79 Å². The van der Waals surface area contributed by atoms with Crippen LogP contribution in [-0.4, -0.2) is 25.5 Å². The second kappa shape index (κ2) is 6.03. The Hall–Kier alpha value is -2.77. The fourth-order valence-corrected chi connectivity index (χ4v) is 3.01. The van der Waals surface area contributed by atoms with Crippen LogP contribution in [0.15, 0.2) is 54.2 Å². The van der Waals surface area contributed by atoms with Gasteiger partial charge in [-0.05, 0) is 24.3 Å². The summed E-state index contributed by atoms with van der Waals surface area (Å²) >= 11 is 7.33. The first-order chi connectivity index (χ1) is 11.7. The number of nitrogens with one attached hydrogen (secondary N) is 1. The van der Waals surface area contributed by atoms with E-state index in [2.05, 4.69) is 20.4 Å². The third-order valence-corrected chi connectivity index (χ3v) is 4.36. The van der Waals surface area contributed by atoms with Gasteiger partial charge in [0.25, 0.3) is 5.91 Å². The van der Waals surface area contributed by atoms with Gasteiger partial charge in [0, 0.05) is 22.2 Å². The predicted molar refractivity (Wildman–Crippen MR) is 93.5 cm³/mol. The molecule has 24 heavy (non-hydrogen) atoms. The van der Waals surface area contributed by atoms with Gasteiger partial charge in [-0.1, -0.05) is 23.7 Å². The second-order valence-corrected chi connectivity index (χ2v) is 6.26. The Morgan fingerprint density at radius 3 is 2.92 bits per heavy atom. The molecule has 0 unspecified atom stereocenters. The maximum Gasteiger partial charge on any atom is 0.285 e. The first-order valence-electron chi connectivity index (χ1n) is 7.02. The van der Waals surface area contributed by atoms with Gasteiger partial charge in [0.15, 0.2) is 16.5 Å². The molecule has 6 nitrogen and oxygen atoms in total. The molecule has 3 aromatic heterocycles. The summed E-state index contributed by atoms with van der Waals surface area (Å²) in [7, 11) is 0. The summed E-state index contributed by atoms with van der Waals surface area (Å²) in [5.41, 5.74) is 2.36. The zero-order chi connectivity index (χ0) is 16.5. The average Bonchev–Trinajstić information content (AvgIpc) is 3.24. The number of hydrogen-bond acceptors (Lipinski definition) is 5. The summed E-state index contributed by atoms with van der Waals surface area (Å²) in [6, 6.07) is 10.9. The third kappa shape index (κ3) is 2.75. The minimum Gasteiger partial charge on any atom is -0.303 e. The van der Waals surface area contributed by atoms with Crippen molar-refractivity contribution in [2.75, 3.05) is 5.32 Å². The van der Waals surface area contributed by atoms with Crippen molar-refractivity contribution >= 4 is 40.3 Å². The Morgan fingerprint density at radius 1 is 1.21 bits per heavy atom. The van der Waals surface area contributed by atoms with Crippen LogP contribution < -0.4 is 5.32 Å². The first-order valence-corrected chi connectivity index (χ1v) is 8.28. The predicted octanol–water partition coefficient (Wildman–Crippen LogP) is 3.76. The van der Waals surface area contributed by atoms with Crippen molar-refractivity contribution in [3.8, 4) is 11.3 Å². The number of carbonyl (C=O) groups excluding carboxylic acids is 1. The molecule has 0 saturated heterocycles. The Labute approximate surface area is 145 Å². The van der Waals surface area contributed by atoms with Gasteiger partial charge in [0.2, 0.25) is 0 Å². The lowest BCUT2D eigenvalue weighted by molar-refractivity contribution is 0.102. The molecule has 4 aromatic rings. The normalized spacial score (nSPS) is 10.9. The number of hydrogen-bond donors (Lipinski definition) is 1. The largest absolute Gasteiger partial charge is 0.303 e. The van der Waals surface area contributed by atoms with Crippen LogP contribution in [0.3, 0.4) is 0 Å². The van der Waals surface area contributed by atoms with E-state index < -0.39 is 0 Å². The van der Waals surface area contributed by atoms with Gasteiger partial charge >= 0.3 is 0 Å². The summed E-state index contributed by atoms with van der Waals surface area (Å²) in [5, 5.41) is 9.96. The minimum absolute atomic E-state index is 0.290. The number of nitrogens with zero attached hydrogens (tertiary/aromatic N) is 4. The maximum absolute atomic E-state index is 12.1. The number of benzene rings is 1. The zero-order valence-corrected chi connectivity index (χ0v) is 13.8. The van der Waals surface area contributed by atoms with Crippen molar-refractivity contribution in [3.05, 3.63) is 64.2 Å². The molecule has 0 aliphatic carbocycles. The number of halogens is 1. The molecule has 0 atom stereocenters. The van der Waals surface area contributed by atoms with Crippen LogP contribution in [0.5, 0.6) is 0 Å². The van der Waals surface area contributed by atoms with E-state index in [0.29, 0.717) is 21.5 Å². The molecular weight excluding hydrogens is 346 g/mol. The van der Waals surface area contributed by atoms with E-state index in [9.17, 15) is 4.79 Å². The first kappa shape index (κ1) is 14.8. The van der Waals surface area contributed by atoms with Gasteiger partial charge in [-0.3, -0.25) is 4.79 Å². The van der Waals surface area contributed by atoms with E-state index in [0.717, 1.165) is 11.3 Å². The van der Waals surface area contributed by atoms with E-state index in [-0.39, 0.29) is 5.91 Å².